The van der Waals surface area contributed by atoms with Crippen molar-refractivity contribution in [2.24, 2.45) is 0 Å². The smallest absolute Gasteiger partial charge is 0.245 e. The zero-order valence-electron chi connectivity index (χ0n) is 14.3. The van der Waals surface area contributed by atoms with Crippen LogP contribution in [0, 0.1) is 6.92 Å². The summed E-state index contributed by atoms with van der Waals surface area (Å²) in [5, 5.41) is 2.89. The molecule has 1 aliphatic heterocycles. The van der Waals surface area contributed by atoms with E-state index in [-0.39, 0.29) is 11.8 Å². The van der Waals surface area contributed by atoms with Crippen molar-refractivity contribution in [2.45, 2.75) is 32.7 Å². The molecule has 0 spiro atoms. The number of likely N-dealkylation sites (N-methyl/N-ethyl adjacent to an activating group) is 1. The molecule has 1 aromatic carbocycles. The van der Waals surface area contributed by atoms with Crippen molar-refractivity contribution in [1.82, 2.24) is 15.1 Å². The van der Waals surface area contributed by atoms with E-state index in [0.717, 1.165) is 31.7 Å². The van der Waals surface area contributed by atoms with Crippen molar-refractivity contribution in [3.8, 4) is 0 Å². The van der Waals surface area contributed by atoms with E-state index in [4.69, 9.17) is 0 Å². The monoisotopic (exact) mass is 317 g/mol. The average Bonchev–Trinajstić information content (AvgIpc) is 2.56. The van der Waals surface area contributed by atoms with Gasteiger partial charge in [0.15, 0.2) is 0 Å². The van der Waals surface area contributed by atoms with Crippen molar-refractivity contribution >= 4 is 11.8 Å². The van der Waals surface area contributed by atoms with Crippen LogP contribution in [-0.4, -0.2) is 60.9 Å². The Kier molecular flexibility index (Phi) is 6.16. The minimum absolute atomic E-state index is 0.0282. The number of nitrogens with zero attached hydrogens (tertiary/aromatic N) is 2. The van der Waals surface area contributed by atoms with Gasteiger partial charge in [0.2, 0.25) is 11.8 Å². The van der Waals surface area contributed by atoms with E-state index in [9.17, 15) is 9.59 Å². The molecule has 5 nitrogen and oxygen atoms in total. The molecule has 0 aliphatic carbocycles. The first-order valence-electron chi connectivity index (χ1n) is 8.32. The molecule has 0 saturated carbocycles. The maximum absolute atomic E-state index is 12.8. The van der Waals surface area contributed by atoms with Crippen LogP contribution in [0.1, 0.15) is 24.5 Å². The quantitative estimate of drug-likeness (QED) is 0.888. The number of aryl methyl sites for hydroxylation is 1. The summed E-state index contributed by atoms with van der Waals surface area (Å²) in [6, 6.07) is 7.64. The summed E-state index contributed by atoms with van der Waals surface area (Å²) in [5.74, 6) is -0.0509. The molecular formula is C18H27N3O2. The number of hydrogen-bond acceptors (Lipinski definition) is 3. The molecule has 5 heteroatoms. The molecule has 0 aromatic heterocycles. The Morgan fingerprint density at radius 1 is 1.13 bits per heavy atom. The topological polar surface area (TPSA) is 52.7 Å². The van der Waals surface area contributed by atoms with E-state index < -0.39 is 6.04 Å². The van der Waals surface area contributed by atoms with Crippen LogP contribution in [0.25, 0.3) is 0 Å². The molecule has 1 N–H and O–H groups in total. The SMILES string of the molecule is CCC(=O)N[C@H](Cc1ccc(C)cc1)C(=O)N1CCN(C)CC1. The number of piperazine rings is 1. The summed E-state index contributed by atoms with van der Waals surface area (Å²) < 4.78 is 0. The van der Waals surface area contributed by atoms with Crippen LogP contribution >= 0.6 is 0 Å². The van der Waals surface area contributed by atoms with E-state index in [1.807, 2.05) is 36.1 Å². The molecule has 1 aromatic rings. The van der Waals surface area contributed by atoms with Gasteiger partial charge in [-0.1, -0.05) is 36.8 Å². The molecule has 126 valence electrons. The minimum Gasteiger partial charge on any atom is -0.344 e. The van der Waals surface area contributed by atoms with E-state index >= 15 is 0 Å². The third-order valence-corrected chi connectivity index (χ3v) is 4.33. The highest BCUT2D eigenvalue weighted by atomic mass is 16.2. The summed E-state index contributed by atoms with van der Waals surface area (Å²) in [6.45, 7) is 7.05. The number of amides is 2. The first-order valence-corrected chi connectivity index (χ1v) is 8.32. The van der Waals surface area contributed by atoms with Crippen molar-refractivity contribution in [3.05, 3.63) is 35.4 Å². The number of benzene rings is 1. The van der Waals surface area contributed by atoms with Crippen molar-refractivity contribution in [2.75, 3.05) is 33.2 Å². The van der Waals surface area contributed by atoms with Gasteiger partial charge < -0.3 is 15.1 Å². The predicted octanol–water partition coefficient (Wildman–Crippen LogP) is 1.21. The molecule has 1 atom stereocenters. The second-order valence-corrected chi connectivity index (χ2v) is 6.29. The third kappa shape index (κ3) is 5.06. The first-order chi connectivity index (χ1) is 11.0. The highest BCUT2D eigenvalue weighted by molar-refractivity contribution is 5.88. The Morgan fingerprint density at radius 3 is 2.30 bits per heavy atom. The summed E-state index contributed by atoms with van der Waals surface area (Å²) in [7, 11) is 2.06. The van der Waals surface area contributed by atoms with Gasteiger partial charge in [-0.05, 0) is 19.5 Å². The van der Waals surface area contributed by atoms with Crippen LogP contribution in [0.4, 0.5) is 0 Å². The summed E-state index contributed by atoms with van der Waals surface area (Å²) in [4.78, 5) is 28.7. The zero-order valence-corrected chi connectivity index (χ0v) is 14.3. The Bertz CT molecular complexity index is 534. The van der Waals surface area contributed by atoms with E-state index in [0.29, 0.717) is 12.8 Å². The van der Waals surface area contributed by atoms with Crippen LogP contribution in [0.15, 0.2) is 24.3 Å². The largest absolute Gasteiger partial charge is 0.344 e. The molecule has 2 amide bonds. The maximum Gasteiger partial charge on any atom is 0.245 e. The lowest BCUT2D eigenvalue weighted by atomic mass is 10.0. The van der Waals surface area contributed by atoms with Crippen LogP contribution < -0.4 is 5.32 Å². The highest BCUT2D eigenvalue weighted by Crippen LogP contribution is 2.10. The highest BCUT2D eigenvalue weighted by Gasteiger charge is 2.27. The average molecular weight is 317 g/mol. The lowest BCUT2D eigenvalue weighted by Crippen LogP contribution is -2.54. The summed E-state index contributed by atoms with van der Waals surface area (Å²) in [6.07, 6.45) is 0.928. The van der Waals surface area contributed by atoms with E-state index in [2.05, 4.69) is 17.3 Å². The number of carbonyl (C=O) groups excluding carboxylic acids is 2. The molecule has 2 rings (SSSR count). The number of carbonyl (C=O) groups is 2. The van der Waals surface area contributed by atoms with Crippen molar-refractivity contribution in [3.63, 3.8) is 0 Å². The fourth-order valence-electron chi connectivity index (χ4n) is 2.70. The van der Waals surface area contributed by atoms with Crippen LogP contribution in [0.5, 0.6) is 0 Å². The molecule has 0 radical (unpaired) electrons. The van der Waals surface area contributed by atoms with E-state index in [1.165, 1.54) is 5.56 Å². The van der Waals surface area contributed by atoms with Crippen molar-refractivity contribution < 1.29 is 9.59 Å². The molecule has 23 heavy (non-hydrogen) atoms. The van der Waals surface area contributed by atoms with Gasteiger partial charge in [0.05, 0.1) is 0 Å². The van der Waals surface area contributed by atoms with Crippen molar-refractivity contribution in [1.29, 1.82) is 0 Å². The van der Waals surface area contributed by atoms with Gasteiger partial charge in [-0.25, -0.2) is 0 Å². The molecule has 1 aliphatic rings. The van der Waals surface area contributed by atoms with Crippen LogP contribution in [0.3, 0.4) is 0 Å². The molecule has 1 fully saturated rings. The molecular weight excluding hydrogens is 290 g/mol. The third-order valence-electron chi connectivity index (χ3n) is 4.33. The Hall–Kier alpha value is -1.88. The Morgan fingerprint density at radius 2 is 1.74 bits per heavy atom. The molecule has 0 unspecified atom stereocenters. The van der Waals surface area contributed by atoms with Gasteiger partial charge in [-0.2, -0.15) is 0 Å². The van der Waals surface area contributed by atoms with Gasteiger partial charge >= 0.3 is 0 Å². The molecule has 1 saturated heterocycles. The molecule has 1 heterocycles. The van der Waals surface area contributed by atoms with Crippen LogP contribution in [-0.2, 0) is 16.0 Å². The predicted molar refractivity (Wildman–Crippen MR) is 91.2 cm³/mol. The zero-order chi connectivity index (χ0) is 16.8. The number of hydrogen-bond donors (Lipinski definition) is 1. The fraction of sp³-hybridized carbons (Fsp3) is 0.556. The lowest BCUT2D eigenvalue weighted by molar-refractivity contribution is -0.137. The summed E-state index contributed by atoms with van der Waals surface area (Å²) >= 11 is 0. The Labute approximate surface area is 138 Å². The fourth-order valence-corrected chi connectivity index (χ4v) is 2.70. The second-order valence-electron chi connectivity index (χ2n) is 6.29. The number of rotatable bonds is 5. The first kappa shape index (κ1) is 17.5. The second kappa shape index (κ2) is 8.11. The van der Waals surface area contributed by atoms with Crippen LogP contribution in [0.2, 0.25) is 0 Å². The van der Waals surface area contributed by atoms with E-state index in [1.54, 1.807) is 6.92 Å². The Balaban J connectivity index is 2.07. The van der Waals surface area contributed by atoms with Gasteiger partial charge in [0, 0.05) is 39.0 Å². The maximum atomic E-state index is 12.8. The summed E-state index contributed by atoms with van der Waals surface area (Å²) in [5.41, 5.74) is 2.26. The van der Waals surface area contributed by atoms with Gasteiger partial charge in [0.25, 0.3) is 0 Å². The van der Waals surface area contributed by atoms with Gasteiger partial charge in [0.1, 0.15) is 6.04 Å². The normalized spacial score (nSPS) is 16.9. The minimum atomic E-state index is -0.478. The number of nitrogens with one attached hydrogen (secondary N) is 1. The standard InChI is InChI=1S/C18H27N3O2/c1-4-17(22)19-16(13-15-7-5-14(2)6-8-15)18(23)21-11-9-20(3)10-12-21/h5-8,16H,4,9-13H2,1-3H3,(H,19,22)/t16-/m1/s1. The lowest BCUT2D eigenvalue weighted by Gasteiger charge is -2.34. The molecule has 0 bridgehead atoms. The van der Waals surface area contributed by atoms with Gasteiger partial charge in [-0.15, -0.1) is 0 Å². The van der Waals surface area contributed by atoms with Gasteiger partial charge in [-0.3, -0.25) is 9.59 Å².